The third-order valence-corrected chi connectivity index (χ3v) is 3.74. The number of nitrogens with one attached hydrogen (secondary N) is 1. The van der Waals surface area contributed by atoms with E-state index >= 15 is 0 Å². The lowest BCUT2D eigenvalue weighted by atomic mass is 10.0. The highest BCUT2D eigenvalue weighted by Gasteiger charge is 2.25. The fraction of sp³-hybridized carbons (Fsp3) is 0.769. The van der Waals surface area contributed by atoms with Crippen LogP contribution >= 0.6 is 0 Å². The lowest BCUT2D eigenvalue weighted by Gasteiger charge is -2.15. The van der Waals surface area contributed by atoms with Crippen molar-refractivity contribution in [3.63, 3.8) is 0 Å². The van der Waals surface area contributed by atoms with Gasteiger partial charge < -0.3 is 10.4 Å². The summed E-state index contributed by atoms with van der Waals surface area (Å²) in [5.74, 6) is 0.854. The van der Waals surface area contributed by atoms with Crippen LogP contribution in [-0.2, 0) is 4.79 Å². The second-order valence-corrected chi connectivity index (χ2v) is 5.03. The van der Waals surface area contributed by atoms with Gasteiger partial charge in [-0.1, -0.05) is 18.6 Å². The lowest BCUT2D eigenvalue weighted by molar-refractivity contribution is -0.122. The Balaban J connectivity index is 1.65. The molecule has 2 aliphatic carbocycles. The molecule has 3 heteroatoms. The number of amides is 1. The minimum atomic E-state index is -0.202. The van der Waals surface area contributed by atoms with Crippen molar-refractivity contribution in [3.05, 3.63) is 12.2 Å². The molecular formula is C13H21NO2. The van der Waals surface area contributed by atoms with Crippen molar-refractivity contribution >= 4 is 5.91 Å². The third-order valence-electron chi connectivity index (χ3n) is 3.74. The van der Waals surface area contributed by atoms with Gasteiger partial charge in [0.1, 0.15) is 0 Å². The minimum Gasteiger partial charge on any atom is -0.393 e. The summed E-state index contributed by atoms with van der Waals surface area (Å²) in [5, 5.41) is 12.6. The second kappa shape index (κ2) is 5.48. The number of hydrogen-bond donors (Lipinski definition) is 2. The Labute approximate surface area is 96.9 Å². The SMILES string of the molecule is O=C(CC1C=CCC1)NCC1CCCC1O. The molecule has 1 fully saturated rings. The average molecular weight is 223 g/mol. The zero-order valence-electron chi connectivity index (χ0n) is 9.69. The number of aliphatic hydroxyl groups is 1. The predicted molar refractivity (Wildman–Crippen MR) is 62.8 cm³/mol. The number of allylic oxidation sites excluding steroid dienone is 2. The molecule has 1 saturated carbocycles. The van der Waals surface area contributed by atoms with Crippen LogP contribution < -0.4 is 5.32 Å². The lowest BCUT2D eigenvalue weighted by Crippen LogP contribution is -2.33. The van der Waals surface area contributed by atoms with E-state index in [1.54, 1.807) is 0 Å². The Hall–Kier alpha value is -0.830. The number of carbonyl (C=O) groups is 1. The molecule has 0 heterocycles. The summed E-state index contributed by atoms with van der Waals surface area (Å²) in [4.78, 5) is 11.6. The fourth-order valence-electron chi connectivity index (χ4n) is 2.68. The van der Waals surface area contributed by atoms with Gasteiger partial charge in [-0.15, -0.1) is 0 Å². The standard InChI is InChI=1S/C13H21NO2/c15-12-7-3-6-11(12)9-14-13(16)8-10-4-1-2-5-10/h1,4,10-12,15H,2-3,5-9H2,(H,14,16). The molecule has 2 rings (SSSR count). The van der Waals surface area contributed by atoms with Gasteiger partial charge in [0.2, 0.25) is 5.91 Å². The molecule has 0 bridgehead atoms. The van der Waals surface area contributed by atoms with Crippen LogP contribution in [0.4, 0.5) is 0 Å². The number of aliphatic hydroxyl groups excluding tert-OH is 1. The third kappa shape index (κ3) is 3.08. The quantitative estimate of drug-likeness (QED) is 0.711. The van der Waals surface area contributed by atoms with Crippen LogP contribution in [0.3, 0.4) is 0 Å². The van der Waals surface area contributed by atoms with Crippen LogP contribution in [0.25, 0.3) is 0 Å². The normalized spacial score (nSPS) is 33.2. The van der Waals surface area contributed by atoms with Gasteiger partial charge >= 0.3 is 0 Å². The molecule has 0 saturated heterocycles. The zero-order valence-corrected chi connectivity index (χ0v) is 9.69. The number of hydrogen-bond acceptors (Lipinski definition) is 2. The highest BCUT2D eigenvalue weighted by Crippen LogP contribution is 2.25. The summed E-state index contributed by atoms with van der Waals surface area (Å²) < 4.78 is 0. The smallest absolute Gasteiger partial charge is 0.220 e. The van der Waals surface area contributed by atoms with Crippen LogP contribution in [-0.4, -0.2) is 23.7 Å². The van der Waals surface area contributed by atoms with Crippen LogP contribution in [0.2, 0.25) is 0 Å². The summed E-state index contributed by atoms with van der Waals surface area (Å²) in [6, 6.07) is 0. The molecule has 2 aliphatic rings. The first kappa shape index (κ1) is 11.6. The Bertz CT molecular complexity index is 275. The fourth-order valence-corrected chi connectivity index (χ4v) is 2.68. The highest BCUT2D eigenvalue weighted by atomic mass is 16.3. The molecule has 0 aliphatic heterocycles. The van der Waals surface area contributed by atoms with E-state index in [-0.39, 0.29) is 17.9 Å². The van der Waals surface area contributed by atoms with Gasteiger partial charge in [-0.2, -0.15) is 0 Å². The maximum Gasteiger partial charge on any atom is 0.220 e. The molecular weight excluding hydrogens is 202 g/mol. The molecule has 1 amide bonds. The van der Waals surface area contributed by atoms with Gasteiger partial charge in [-0.05, 0) is 31.6 Å². The van der Waals surface area contributed by atoms with Gasteiger partial charge in [-0.25, -0.2) is 0 Å². The Kier molecular flexibility index (Phi) is 3.99. The monoisotopic (exact) mass is 223 g/mol. The van der Waals surface area contributed by atoms with Crippen LogP contribution in [0.1, 0.15) is 38.5 Å². The molecule has 90 valence electrons. The topological polar surface area (TPSA) is 49.3 Å². The van der Waals surface area contributed by atoms with E-state index in [0.29, 0.717) is 18.9 Å². The summed E-state index contributed by atoms with van der Waals surface area (Å²) >= 11 is 0. The summed E-state index contributed by atoms with van der Waals surface area (Å²) in [6.07, 6.45) is 9.96. The van der Waals surface area contributed by atoms with E-state index < -0.39 is 0 Å². The number of carbonyl (C=O) groups excluding carboxylic acids is 1. The Morgan fingerprint density at radius 3 is 2.88 bits per heavy atom. The molecule has 0 radical (unpaired) electrons. The van der Waals surface area contributed by atoms with Crippen LogP contribution in [0.5, 0.6) is 0 Å². The first-order valence-electron chi connectivity index (χ1n) is 6.37. The highest BCUT2D eigenvalue weighted by molar-refractivity contribution is 5.76. The van der Waals surface area contributed by atoms with E-state index in [4.69, 9.17) is 0 Å². The molecule has 3 unspecified atom stereocenters. The van der Waals surface area contributed by atoms with E-state index in [0.717, 1.165) is 32.1 Å². The van der Waals surface area contributed by atoms with Gasteiger partial charge in [0.25, 0.3) is 0 Å². The van der Waals surface area contributed by atoms with Crippen molar-refractivity contribution in [2.45, 2.75) is 44.6 Å². The van der Waals surface area contributed by atoms with Crippen molar-refractivity contribution in [1.29, 1.82) is 0 Å². The van der Waals surface area contributed by atoms with E-state index in [9.17, 15) is 9.90 Å². The van der Waals surface area contributed by atoms with Crippen molar-refractivity contribution < 1.29 is 9.90 Å². The predicted octanol–water partition coefficient (Wildman–Crippen LogP) is 1.62. The summed E-state index contributed by atoms with van der Waals surface area (Å²) in [5.41, 5.74) is 0. The van der Waals surface area contributed by atoms with Crippen molar-refractivity contribution in [3.8, 4) is 0 Å². The van der Waals surface area contributed by atoms with Gasteiger partial charge in [0, 0.05) is 18.9 Å². The molecule has 0 spiro atoms. The maximum absolute atomic E-state index is 11.6. The maximum atomic E-state index is 11.6. The minimum absolute atomic E-state index is 0.135. The zero-order chi connectivity index (χ0) is 11.4. The van der Waals surface area contributed by atoms with Gasteiger partial charge in [0.15, 0.2) is 0 Å². The van der Waals surface area contributed by atoms with E-state index in [1.165, 1.54) is 0 Å². The second-order valence-electron chi connectivity index (χ2n) is 5.03. The first-order chi connectivity index (χ1) is 7.75. The molecule has 0 aromatic heterocycles. The Morgan fingerprint density at radius 2 is 2.25 bits per heavy atom. The molecule has 2 N–H and O–H groups in total. The van der Waals surface area contributed by atoms with Crippen molar-refractivity contribution in [2.24, 2.45) is 11.8 Å². The average Bonchev–Trinajstić information content (AvgIpc) is 2.87. The van der Waals surface area contributed by atoms with Crippen LogP contribution in [0, 0.1) is 11.8 Å². The molecule has 0 aromatic carbocycles. The first-order valence-corrected chi connectivity index (χ1v) is 6.37. The molecule has 3 nitrogen and oxygen atoms in total. The van der Waals surface area contributed by atoms with E-state index in [1.807, 2.05) is 0 Å². The molecule has 3 atom stereocenters. The van der Waals surface area contributed by atoms with Gasteiger partial charge in [-0.3, -0.25) is 4.79 Å². The summed E-state index contributed by atoms with van der Waals surface area (Å²) in [7, 11) is 0. The van der Waals surface area contributed by atoms with E-state index in [2.05, 4.69) is 17.5 Å². The Morgan fingerprint density at radius 1 is 1.38 bits per heavy atom. The largest absolute Gasteiger partial charge is 0.393 e. The molecule has 0 aromatic rings. The molecule has 16 heavy (non-hydrogen) atoms. The van der Waals surface area contributed by atoms with Crippen LogP contribution in [0.15, 0.2) is 12.2 Å². The summed E-state index contributed by atoms with van der Waals surface area (Å²) in [6.45, 7) is 0.649. The van der Waals surface area contributed by atoms with Crippen molar-refractivity contribution in [1.82, 2.24) is 5.32 Å². The van der Waals surface area contributed by atoms with Gasteiger partial charge in [0.05, 0.1) is 6.10 Å². The number of rotatable bonds is 4. The van der Waals surface area contributed by atoms with Crippen molar-refractivity contribution in [2.75, 3.05) is 6.54 Å².